The van der Waals surface area contributed by atoms with Crippen LogP contribution < -0.4 is 4.90 Å². The number of para-hydroxylation sites is 1. The molecule has 0 aromatic heterocycles. The Morgan fingerprint density at radius 2 is 2.00 bits per heavy atom. The SMILES string of the molecule is CCCCN1COCN(c2ccccc2)C1=S. The zero-order valence-electron chi connectivity index (χ0n) is 10.1. The zero-order valence-corrected chi connectivity index (χ0v) is 10.9. The summed E-state index contributed by atoms with van der Waals surface area (Å²) < 4.78 is 5.58. The molecule has 0 spiro atoms. The van der Waals surface area contributed by atoms with Crippen LogP contribution in [0.15, 0.2) is 30.3 Å². The van der Waals surface area contributed by atoms with Gasteiger partial charge in [0, 0.05) is 12.2 Å². The van der Waals surface area contributed by atoms with Crippen LogP contribution in [-0.4, -0.2) is 30.0 Å². The van der Waals surface area contributed by atoms with Crippen molar-refractivity contribution in [2.75, 3.05) is 24.9 Å². The Morgan fingerprint density at radius 1 is 1.24 bits per heavy atom. The van der Waals surface area contributed by atoms with E-state index in [0.29, 0.717) is 13.5 Å². The van der Waals surface area contributed by atoms with Crippen LogP contribution in [0.1, 0.15) is 19.8 Å². The molecule has 0 amide bonds. The average molecular weight is 250 g/mol. The van der Waals surface area contributed by atoms with Gasteiger partial charge in [0.05, 0.1) is 0 Å². The monoisotopic (exact) mass is 250 g/mol. The molecule has 0 saturated carbocycles. The van der Waals surface area contributed by atoms with Crippen molar-refractivity contribution in [1.82, 2.24) is 4.90 Å². The van der Waals surface area contributed by atoms with Gasteiger partial charge in [0.1, 0.15) is 13.5 Å². The Labute approximate surface area is 108 Å². The van der Waals surface area contributed by atoms with Gasteiger partial charge in [-0.2, -0.15) is 0 Å². The highest BCUT2D eigenvalue weighted by atomic mass is 32.1. The van der Waals surface area contributed by atoms with Crippen LogP contribution in [0.3, 0.4) is 0 Å². The van der Waals surface area contributed by atoms with E-state index >= 15 is 0 Å². The molecule has 1 heterocycles. The smallest absolute Gasteiger partial charge is 0.179 e. The van der Waals surface area contributed by atoms with Crippen molar-refractivity contribution in [1.29, 1.82) is 0 Å². The van der Waals surface area contributed by atoms with Gasteiger partial charge in [-0.25, -0.2) is 0 Å². The van der Waals surface area contributed by atoms with Crippen LogP contribution in [0.2, 0.25) is 0 Å². The van der Waals surface area contributed by atoms with Gasteiger partial charge in [0.15, 0.2) is 5.11 Å². The summed E-state index contributed by atoms with van der Waals surface area (Å²) in [4.78, 5) is 4.16. The molecule has 1 aliphatic heterocycles. The third kappa shape index (κ3) is 2.96. The van der Waals surface area contributed by atoms with Gasteiger partial charge in [-0.1, -0.05) is 31.5 Å². The number of hydrogen-bond acceptors (Lipinski definition) is 2. The topological polar surface area (TPSA) is 15.7 Å². The number of unbranched alkanes of at least 4 members (excludes halogenated alkanes) is 1. The molecular weight excluding hydrogens is 232 g/mol. The minimum Gasteiger partial charge on any atom is -0.340 e. The summed E-state index contributed by atoms with van der Waals surface area (Å²) in [6.07, 6.45) is 2.32. The first-order valence-electron chi connectivity index (χ1n) is 6.02. The van der Waals surface area contributed by atoms with Crippen LogP contribution >= 0.6 is 12.2 Å². The molecule has 2 rings (SSSR count). The van der Waals surface area contributed by atoms with E-state index in [1.807, 2.05) is 23.1 Å². The molecule has 92 valence electrons. The van der Waals surface area contributed by atoms with Gasteiger partial charge in [-0.3, -0.25) is 4.90 Å². The van der Waals surface area contributed by atoms with Gasteiger partial charge in [0.2, 0.25) is 0 Å². The van der Waals surface area contributed by atoms with Crippen LogP contribution in [0.4, 0.5) is 5.69 Å². The summed E-state index contributed by atoms with van der Waals surface area (Å²) in [7, 11) is 0. The number of rotatable bonds is 4. The third-order valence-corrected chi connectivity index (χ3v) is 3.30. The fraction of sp³-hybridized carbons (Fsp3) is 0.462. The molecule has 1 saturated heterocycles. The van der Waals surface area contributed by atoms with Crippen molar-refractivity contribution in [3.05, 3.63) is 30.3 Å². The first-order chi connectivity index (χ1) is 8.33. The molecule has 1 aromatic carbocycles. The Kier molecular flexibility index (Phi) is 4.34. The number of anilines is 1. The predicted octanol–water partition coefficient (Wildman–Crippen LogP) is 2.83. The van der Waals surface area contributed by atoms with Crippen LogP contribution in [0.25, 0.3) is 0 Å². The van der Waals surface area contributed by atoms with E-state index in [4.69, 9.17) is 17.0 Å². The molecule has 0 bridgehead atoms. The second kappa shape index (κ2) is 5.98. The Hall–Kier alpha value is -1.13. The highest BCUT2D eigenvalue weighted by Gasteiger charge is 2.22. The minimum atomic E-state index is 0.547. The van der Waals surface area contributed by atoms with E-state index in [1.54, 1.807) is 0 Å². The molecule has 17 heavy (non-hydrogen) atoms. The maximum absolute atomic E-state index is 5.58. The number of hydrogen-bond donors (Lipinski definition) is 0. The molecule has 1 aromatic rings. The molecule has 1 aliphatic rings. The van der Waals surface area contributed by atoms with Crippen molar-refractivity contribution in [2.24, 2.45) is 0 Å². The van der Waals surface area contributed by atoms with E-state index in [0.717, 1.165) is 23.8 Å². The number of nitrogens with zero attached hydrogens (tertiary/aromatic N) is 2. The van der Waals surface area contributed by atoms with Crippen molar-refractivity contribution < 1.29 is 4.74 Å². The van der Waals surface area contributed by atoms with Gasteiger partial charge < -0.3 is 9.64 Å². The second-order valence-corrected chi connectivity index (χ2v) is 4.49. The second-order valence-electron chi connectivity index (χ2n) is 4.13. The van der Waals surface area contributed by atoms with Crippen molar-refractivity contribution in [3.63, 3.8) is 0 Å². The van der Waals surface area contributed by atoms with Crippen LogP contribution in [0, 0.1) is 0 Å². The van der Waals surface area contributed by atoms with Crippen molar-refractivity contribution in [2.45, 2.75) is 19.8 Å². The summed E-state index contributed by atoms with van der Waals surface area (Å²) >= 11 is 5.52. The third-order valence-electron chi connectivity index (χ3n) is 2.82. The fourth-order valence-corrected chi connectivity index (χ4v) is 2.13. The summed E-state index contributed by atoms with van der Waals surface area (Å²) in [5.41, 5.74) is 1.10. The van der Waals surface area contributed by atoms with Gasteiger partial charge in [0.25, 0.3) is 0 Å². The molecule has 3 nitrogen and oxygen atoms in total. The lowest BCUT2D eigenvalue weighted by Crippen LogP contribution is -2.50. The molecule has 1 fully saturated rings. The van der Waals surface area contributed by atoms with Gasteiger partial charge in [-0.05, 0) is 30.8 Å². The van der Waals surface area contributed by atoms with Gasteiger partial charge in [-0.15, -0.1) is 0 Å². The molecule has 0 aliphatic carbocycles. The van der Waals surface area contributed by atoms with E-state index < -0.39 is 0 Å². The molecule has 0 atom stereocenters. The molecule has 0 unspecified atom stereocenters. The van der Waals surface area contributed by atoms with E-state index in [1.165, 1.54) is 6.42 Å². The highest BCUT2D eigenvalue weighted by molar-refractivity contribution is 7.80. The lowest BCUT2D eigenvalue weighted by atomic mass is 10.3. The largest absolute Gasteiger partial charge is 0.340 e. The molecule has 0 N–H and O–H groups in total. The lowest BCUT2D eigenvalue weighted by Gasteiger charge is -2.38. The average Bonchev–Trinajstić information content (AvgIpc) is 2.39. The Bertz CT molecular complexity index is 369. The summed E-state index contributed by atoms with van der Waals surface area (Å²) in [6.45, 7) is 4.31. The fourth-order valence-electron chi connectivity index (χ4n) is 1.83. The van der Waals surface area contributed by atoms with Crippen molar-refractivity contribution in [3.8, 4) is 0 Å². The molecular formula is C13H18N2OS. The lowest BCUT2D eigenvalue weighted by molar-refractivity contribution is 0.0490. The van der Waals surface area contributed by atoms with Crippen LogP contribution in [-0.2, 0) is 4.74 Å². The van der Waals surface area contributed by atoms with E-state index in [9.17, 15) is 0 Å². The maximum Gasteiger partial charge on any atom is 0.179 e. The number of thiocarbonyl (C=S) groups is 1. The highest BCUT2D eigenvalue weighted by Crippen LogP contribution is 2.18. The Morgan fingerprint density at radius 3 is 2.71 bits per heavy atom. The van der Waals surface area contributed by atoms with Gasteiger partial charge >= 0.3 is 0 Å². The molecule has 4 heteroatoms. The summed E-state index contributed by atoms with van der Waals surface area (Å²) in [6, 6.07) is 10.1. The Balaban J connectivity index is 2.06. The van der Waals surface area contributed by atoms with E-state index in [-0.39, 0.29) is 0 Å². The van der Waals surface area contributed by atoms with E-state index in [2.05, 4.69) is 24.0 Å². The normalized spacial score (nSPS) is 16.4. The summed E-state index contributed by atoms with van der Waals surface area (Å²) in [5.74, 6) is 0. The first-order valence-corrected chi connectivity index (χ1v) is 6.43. The summed E-state index contributed by atoms with van der Waals surface area (Å²) in [5, 5.41) is 0.871. The standard InChI is InChI=1S/C13H18N2OS/c1-2-3-9-14-10-16-11-15(13(14)17)12-7-5-4-6-8-12/h4-8H,2-3,9-11H2,1H3. The van der Waals surface area contributed by atoms with Crippen molar-refractivity contribution >= 4 is 23.0 Å². The minimum absolute atomic E-state index is 0.547. The van der Waals surface area contributed by atoms with Crippen LogP contribution in [0.5, 0.6) is 0 Å². The zero-order chi connectivity index (χ0) is 12.1. The number of benzene rings is 1. The first kappa shape index (κ1) is 12.3. The molecule has 0 radical (unpaired) electrons. The number of ether oxygens (including phenoxy) is 1. The maximum atomic E-state index is 5.58. The quantitative estimate of drug-likeness (QED) is 0.763. The predicted molar refractivity (Wildman–Crippen MR) is 74.0 cm³/mol.